The van der Waals surface area contributed by atoms with E-state index in [4.69, 9.17) is 4.74 Å². The Morgan fingerprint density at radius 1 is 0.800 bits per heavy atom. The fraction of sp³-hybridized carbons (Fsp3) is 0.0357. The molecule has 2 N–H and O–H groups in total. The standard InChI is InChI=1S/C28H21BrN2O4/c29-24-15-13-21(14-16-24)26(32)35-25-17-11-20(12-18-25)19-30-31-27(33)28(34,22-7-3-1-4-8-22)23-9-5-2-6-10-23/h1-19,34H,(H,31,33)/b30-19+. The van der Waals surface area contributed by atoms with E-state index in [0.29, 0.717) is 28.0 Å². The minimum atomic E-state index is -1.91. The minimum Gasteiger partial charge on any atom is -0.423 e. The predicted molar refractivity (Wildman–Crippen MR) is 137 cm³/mol. The van der Waals surface area contributed by atoms with Crippen molar-refractivity contribution in [3.05, 3.63) is 136 Å². The number of benzene rings is 4. The number of esters is 1. The first-order chi connectivity index (χ1) is 17.0. The molecule has 174 valence electrons. The van der Waals surface area contributed by atoms with Crippen LogP contribution in [0.25, 0.3) is 0 Å². The Bertz CT molecular complexity index is 1280. The van der Waals surface area contributed by atoms with Gasteiger partial charge in [-0.15, -0.1) is 0 Å². The molecule has 0 aliphatic heterocycles. The molecule has 1 amide bonds. The van der Waals surface area contributed by atoms with E-state index >= 15 is 0 Å². The van der Waals surface area contributed by atoms with Gasteiger partial charge < -0.3 is 9.84 Å². The largest absolute Gasteiger partial charge is 0.423 e. The van der Waals surface area contributed by atoms with Crippen LogP contribution in [0, 0.1) is 0 Å². The van der Waals surface area contributed by atoms with Gasteiger partial charge in [0.05, 0.1) is 11.8 Å². The third kappa shape index (κ3) is 5.71. The number of ether oxygens (including phenoxy) is 1. The lowest BCUT2D eigenvalue weighted by molar-refractivity contribution is -0.136. The number of nitrogens with one attached hydrogen (secondary N) is 1. The number of rotatable bonds is 7. The van der Waals surface area contributed by atoms with Gasteiger partial charge in [-0.2, -0.15) is 5.10 Å². The Morgan fingerprint density at radius 3 is 1.89 bits per heavy atom. The van der Waals surface area contributed by atoms with E-state index in [2.05, 4.69) is 26.5 Å². The molecule has 0 fully saturated rings. The number of hydrazone groups is 1. The maximum atomic E-state index is 13.1. The molecule has 0 bridgehead atoms. The number of nitrogens with zero attached hydrogens (tertiary/aromatic N) is 1. The monoisotopic (exact) mass is 528 g/mol. The maximum Gasteiger partial charge on any atom is 0.343 e. The summed E-state index contributed by atoms with van der Waals surface area (Å²) in [5, 5.41) is 15.4. The summed E-state index contributed by atoms with van der Waals surface area (Å²) in [7, 11) is 0. The van der Waals surface area contributed by atoms with Crippen LogP contribution >= 0.6 is 15.9 Å². The Morgan fingerprint density at radius 2 is 1.34 bits per heavy atom. The SMILES string of the molecule is O=C(Oc1ccc(/C=N/NC(=O)C(O)(c2ccccc2)c2ccccc2)cc1)c1ccc(Br)cc1. The summed E-state index contributed by atoms with van der Waals surface area (Å²) >= 11 is 3.33. The fourth-order valence-electron chi connectivity index (χ4n) is 3.41. The molecule has 0 saturated carbocycles. The van der Waals surface area contributed by atoms with Crippen LogP contribution < -0.4 is 10.2 Å². The van der Waals surface area contributed by atoms with Crippen molar-refractivity contribution in [2.45, 2.75) is 5.60 Å². The van der Waals surface area contributed by atoms with Gasteiger partial charge in [0.2, 0.25) is 0 Å². The molecule has 0 unspecified atom stereocenters. The van der Waals surface area contributed by atoms with E-state index in [0.717, 1.165) is 4.47 Å². The van der Waals surface area contributed by atoms with Crippen molar-refractivity contribution in [2.75, 3.05) is 0 Å². The average Bonchev–Trinajstić information content (AvgIpc) is 2.90. The fourth-order valence-corrected chi connectivity index (χ4v) is 3.67. The smallest absolute Gasteiger partial charge is 0.343 e. The zero-order valence-corrected chi connectivity index (χ0v) is 20.1. The summed E-state index contributed by atoms with van der Waals surface area (Å²) in [5.74, 6) is -0.778. The summed E-state index contributed by atoms with van der Waals surface area (Å²) in [4.78, 5) is 25.3. The number of carbonyl (C=O) groups excluding carboxylic acids is 2. The maximum absolute atomic E-state index is 13.1. The first kappa shape index (κ1) is 24.1. The molecule has 35 heavy (non-hydrogen) atoms. The zero-order chi connectivity index (χ0) is 24.7. The van der Waals surface area contributed by atoms with Crippen LogP contribution in [0.3, 0.4) is 0 Å². The number of halogens is 1. The number of hydrogen-bond acceptors (Lipinski definition) is 5. The van der Waals surface area contributed by atoms with Crippen LogP contribution in [0.15, 0.2) is 119 Å². The Kier molecular flexibility index (Phi) is 7.50. The van der Waals surface area contributed by atoms with Gasteiger partial charge in [0.15, 0.2) is 5.60 Å². The molecular weight excluding hydrogens is 508 g/mol. The van der Waals surface area contributed by atoms with Crippen molar-refractivity contribution < 1.29 is 19.4 Å². The van der Waals surface area contributed by atoms with Crippen molar-refractivity contribution >= 4 is 34.0 Å². The van der Waals surface area contributed by atoms with Crippen LogP contribution in [0.1, 0.15) is 27.0 Å². The van der Waals surface area contributed by atoms with Crippen LogP contribution in [0.2, 0.25) is 0 Å². The van der Waals surface area contributed by atoms with Crippen molar-refractivity contribution in [3.8, 4) is 5.75 Å². The van der Waals surface area contributed by atoms with Gasteiger partial charge in [-0.05, 0) is 65.2 Å². The van der Waals surface area contributed by atoms with E-state index < -0.39 is 17.5 Å². The summed E-state index contributed by atoms with van der Waals surface area (Å²) in [5.41, 5.74) is 2.47. The minimum absolute atomic E-state index is 0.377. The topological polar surface area (TPSA) is 88.0 Å². The average molecular weight is 529 g/mol. The Labute approximate surface area is 211 Å². The molecular formula is C28H21BrN2O4. The Hall–Kier alpha value is -4.07. The lowest BCUT2D eigenvalue weighted by Crippen LogP contribution is -2.43. The molecule has 7 heteroatoms. The van der Waals surface area contributed by atoms with Gasteiger partial charge in [0.1, 0.15) is 5.75 Å². The first-order valence-electron chi connectivity index (χ1n) is 10.7. The highest BCUT2D eigenvalue weighted by Gasteiger charge is 2.39. The Balaban J connectivity index is 1.43. The molecule has 4 aromatic rings. The highest BCUT2D eigenvalue weighted by molar-refractivity contribution is 9.10. The van der Waals surface area contributed by atoms with Crippen LogP contribution in [-0.2, 0) is 10.4 Å². The van der Waals surface area contributed by atoms with E-state index in [9.17, 15) is 14.7 Å². The van der Waals surface area contributed by atoms with Crippen molar-refractivity contribution in [2.24, 2.45) is 5.10 Å². The van der Waals surface area contributed by atoms with Gasteiger partial charge in [0, 0.05) is 4.47 Å². The molecule has 0 heterocycles. The summed E-state index contributed by atoms with van der Waals surface area (Å²) < 4.78 is 6.25. The van der Waals surface area contributed by atoms with Gasteiger partial charge in [-0.3, -0.25) is 4.79 Å². The van der Waals surface area contributed by atoms with E-state index in [1.807, 2.05) is 12.1 Å². The zero-order valence-electron chi connectivity index (χ0n) is 18.5. The molecule has 0 aromatic heterocycles. The molecule has 0 atom stereocenters. The predicted octanol–water partition coefficient (Wildman–Crippen LogP) is 5.05. The molecule has 6 nitrogen and oxygen atoms in total. The third-order valence-corrected chi connectivity index (χ3v) is 5.79. The van der Waals surface area contributed by atoms with Crippen molar-refractivity contribution in [1.29, 1.82) is 0 Å². The van der Waals surface area contributed by atoms with Gasteiger partial charge in [0.25, 0.3) is 5.91 Å². The first-order valence-corrected chi connectivity index (χ1v) is 11.5. The second-order valence-corrected chi connectivity index (χ2v) is 8.52. The van der Waals surface area contributed by atoms with Gasteiger partial charge in [-0.1, -0.05) is 76.6 Å². The van der Waals surface area contributed by atoms with Crippen LogP contribution in [0.4, 0.5) is 0 Å². The molecule has 0 saturated heterocycles. The lowest BCUT2D eigenvalue weighted by atomic mass is 9.85. The molecule has 4 aromatic carbocycles. The van der Waals surface area contributed by atoms with Crippen molar-refractivity contribution in [3.63, 3.8) is 0 Å². The molecule has 0 aliphatic carbocycles. The molecule has 0 radical (unpaired) electrons. The number of aliphatic hydroxyl groups is 1. The van der Waals surface area contributed by atoms with E-state index in [1.54, 1.807) is 97.1 Å². The number of carbonyl (C=O) groups is 2. The number of hydrogen-bond donors (Lipinski definition) is 2. The van der Waals surface area contributed by atoms with Crippen LogP contribution in [0.5, 0.6) is 5.75 Å². The summed E-state index contributed by atoms with van der Waals surface area (Å²) in [6.45, 7) is 0. The van der Waals surface area contributed by atoms with Crippen LogP contribution in [-0.4, -0.2) is 23.2 Å². The highest BCUT2D eigenvalue weighted by Crippen LogP contribution is 2.29. The van der Waals surface area contributed by atoms with Gasteiger partial charge in [-0.25, -0.2) is 10.2 Å². The van der Waals surface area contributed by atoms with E-state index in [-0.39, 0.29) is 0 Å². The summed E-state index contributed by atoms with van der Waals surface area (Å²) in [6.07, 6.45) is 1.44. The van der Waals surface area contributed by atoms with Crippen molar-refractivity contribution in [1.82, 2.24) is 5.43 Å². The highest BCUT2D eigenvalue weighted by atomic mass is 79.9. The molecule has 0 spiro atoms. The molecule has 0 aliphatic rings. The summed E-state index contributed by atoms with van der Waals surface area (Å²) in [6, 6.07) is 30.9. The second-order valence-electron chi connectivity index (χ2n) is 7.61. The third-order valence-electron chi connectivity index (χ3n) is 5.26. The number of amides is 1. The van der Waals surface area contributed by atoms with Gasteiger partial charge >= 0.3 is 5.97 Å². The quantitative estimate of drug-likeness (QED) is 0.152. The normalized spacial score (nSPS) is 11.3. The molecule has 4 rings (SSSR count). The lowest BCUT2D eigenvalue weighted by Gasteiger charge is -2.27. The second kappa shape index (κ2) is 10.9. The van der Waals surface area contributed by atoms with E-state index in [1.165, 1.54) is 6.21 Å².